The smallest absolute Gasteiger partial charge is 0.291 e. The summed E-state index contributed by atoms with van der Waals surface area (Å²) in [6.07, 6.45) is 3.26. The Labute approximate surface area is 110 Å². The Kier molecular flexibility index (Phi) is 3.61. The Balaban J connectivity index is 2.13. The van der Waals surface area contributed by atoms with Crippen molar-refractivity contribution in [2.24, 2.45) is 7.05 Å². The van der Waals surface area contributed by atoms with Gasteiger partial charge in [-0.3, -0.25) is 9.59 Å². The van der Waals surface area contributed by atoms with E-state index in [9.17, 15) is 9.59 Å². The van der Waals surface area contributed by atoms with Crippen LogP contribution in [0.25, 0.3) is 0 Å². The zero-order valence-corrected chi connectivity index (χ0v) is 10.7. The number of anilines is 2. The van der Waals surface area contributed by atoms with Crippen molar-refractivity contribution < 1.29 is 9.59 Å². The highest BCUT2D eigenvalue weighted by atomic mass is 16.2. The molecule has 0 spiro atoms. The second-order valence-electron chi connectivity index (χ2n) is 4.08. The standard InChI is InChI=1S/C13H14N4O2/c1-9(18)15-10-4-3-5-11(8-10)16-13(19)12-14-6-7-17(12)2/h3-8H,1-2H3,(H,15,18)(H,16,19). The Morgan fingerprint density at radius 3 is 2.47 bits per heavy atom. The molecule has 2 N–H and O–H groups in total. The van der Waals surface area contributed by atoms with Crippen molar-refractivity contribution in [3.63, 3.8) is 0 Å². The lowest BCUT2D eigenvalue weighted by molar-refractivity contribution is -0.114. The molecule has 19 heavy (non-hydrogen) atoms. The van der Waals surface area contributed by atoms with E-state index in [4.69, 9.17) is 0 Å². The summed E-state index contributed by atoms with van der Waals surface area (Å²) in [5.41, 5.74) is 1.23. The van der Waals surface area contributed by atoms with Gasteiger partial charge in [-0.05, 0) is 18.2 Å². The van der Waals surface area contributed by atoms with Crippen molar-refractivity contribution in [3.8, 4) is 0 Å². The van der Waals surface area contributed by atoms with E-state index >= 15 is 0 Å². The Morgan fingerprint density at radius 2 is 1.89 bits per heavy atom. The van der Waals surface area contributed by atoms with Gasteiger partial charge in [0.25, 0.3) is 5.91 Å². The molecule has 6 nitrogen and oxygen atoms in total. The zero-order chi connectivity index (χ0) is 13.8. The molecule has 0 aliphatic carbocycles. The maximum atomic E-state index is 11.9. The summed E-state index contributed by atoms with van der Waals surface area (Å²) >= 11 is 0. The summed E-state index contributed by atoms with van der Waals surface area (Å²) in [5, 5.41) is 5.38. The molecule has 0 bridgehead atoms. The molecule has 2 rings (SSSR count). The van der Waals surface area contributed by atoms with Crippen LogP contribution >= 0.6 is 0 Å². The van der Waals surface area contributed by atoms with Crippen LogP contribution in [0, 0.1) is 0 Å². The van der Waals surface area contributed by atoms with Gasteiger partial charge in [0.15, 0.2) is 5.82 Å². The number of hydrogen-bond donors (Lipinski definition) is 2. The van der Waals surface area contributed by atoms with Crippen LogP contribution in [0.3, 0.4) is 0 Å². The van der Waals surface area contributed by atoms with Gasteiger partial charge < -0.3 is 15.2 Å². The van der Waals surface area contributed by atoms with E-state index in [0.29, 0.717) is 17.2 Å². The van der Waals surface area contributed by atoms with Gasteiger partial charge in [-0.2, -0.15) is 0 Å². The fourth-order valence-electron chi connectivity index (χ4n) is 1.65. The van der Waals surface area contributed by atoms with Gasteiger partial charge >= 0.3 is 0 Å². The highest BCUT2D eigenvalue weighted by Crippen LogP contribution is 2.15. The molecule has 1 aromatic carbocycles. The number of nitrogens with zero attached hydrogens (tertiary/aromatic N) is 2. The number of nitrogens with one attached hydrogen (secondary N) is 2. The third kappa shape index (κ3) is 3.19. The maximum Gasteiger partial charge on any atom is 0.291 e. The molecule has 1 aromatic heterocycles. The minimum Gasteiger partial charge on any atom is -0.330 e. The fraction of sp³-hybridized carbons (Fsp3) is 0.154. The first-order valence-corrected chi connectivity index (χ1v) is 5.72. The van der Waals surface area contributed by atoms with Crippen molar-refractivity contribution in [3.05, 3.63) is 42.5 Å². The number of amides is 2. The van der Waals surface area contributed by atoms with Crippen molar-refractivity contribution in [2.45, 2.75) is 6.92 Å². The summed E-state index contributed by atoms with van der Waals surface area (Å²) < 4.78 is 1.63. The number of imidazole rings is 1. The van der Waals surface area contributed by atoms with E-state index < -0.39 is 0 Å². The Hall–Kier alpha value is -2.63. The van der Waals surface area contributed by atoms with Gasteiger partial charge in [0.2, 0.25) is 5.91 Å². The summed E-state index contributed by atoms with van der Waals surface area (Å²) in [6.45, 7) is 1.43. The van der Waals surface area contributed by atoms with Gasteiger partial charge in [-0.15, -0.1) is 0 Å². The van der Waals surface area contributed by atoms with Crippen molar-refractivity contribution >= 4 is 23.2 Å². The van der Waals surface area contributed by atoms with E-state index in [1.807, 2.05) is 0 Å². The SMILES string of the molecule is CC(=O)Nc1cccc(NC(=O)c2nccn2C)c1. The van der Waals surface area contributed by atoms with Crippen LogP contribution in [0.15, 0.2) is 36.7 Å². The Morgan fingerprint density at radius 1 is 1.21 bits per heavy atom. The van der Waals surface area contributed by atoms with Crippen molar-refractivity contribution in [2.75, 3.05) is 10.6 Å². The topological polar surface area (TPSA) is 76.0 Å². The molecule has 0 aliphatic rings. The number of carbonyl (C=O) groups excluding carboxylic acids is 2. The highest BCUT2D eigenvalue weighted by molar-refractivity contribution is 6.02. The van der Waals surface area contributed by atoms with E-state index in [1.165, 1.54) is 6.92 Å². The van der Waals surface area contributed by atoms with Crippen molar-refractivity contribution in [1.29, 1.82) is 0 Å². The largest absolute Gasteiger partial charge is 0.330 e. The number of hydrogen-bond acceptors (Lipinski definition) is 3. The van der Waals surface area contributed by atoms with E-state index in [1.54, 1.807) is 48.3 Å². The number of benzene rings is 1. The minimum absolute atomic E-state index is 0.160. The van der Waals surface area contributed by atoms with Crippen LogP contribution in [0.2, 0.25) is 0 Å². The highest BCUT2D eigenvalue weighted by Gasteiger charge is 2.11. The average molecular weight is 258 g/mol. The molecular weight excluding hydrogens is 244 g/mol. The monoisotopic (exact) mass is 258 g/mol. The summed E-state index contributed by atoms with van der Waals surface area (Å²) in [6, 6.07) is 6.92. The molecule has 6 heteroatoms. The van der Waals surface area contributed by atoms with Gasteiger partial charge in [0, 0.05) is 37.7 Å². The molecule has 0 atom stereocenters. The molecule has 0 unspecified atom stereocenters. The second kappa shape index (κ2) is 5.34. The Bertz CT molecular complexity index is 619. The minimum atomic E-state index is -0.299. The van der Waals surface area contributed by atoms with Crippen LogP contribution < -0.4 is 10.6 Å². The van der Waals surface area contributed by atoms with Crippen LogP contribution in [-0.4, -0.2) is 21.4 Å². The molecule has 0 aliphatic heterocycles. The second-order valence-corrected chi connectivity index (χ2v) is 4.08. The van der Waals surface area contributed by atoms with Gasteiger partial charge in [-0.1, -0.05) is 6.07 Å². The lowest BCUT2D eigenvalue weighted by Crippen LogP contribution is -2.17. The fourth-order valence-corrected chi connectivity index (χ4v) is 1.65. The molecule has 0 saturated heterocycles. The van der Waals surface area contributed by atoms with Crippen molar-refractivity contribution in [1.82, 2.24) is 9.55 Å². The third-order valence-electron chi connectivity index (χ3n) is 2.47. The van der Waals surface area contributed by atoms with E-state index in [2.05, 4.69) is 15.6 Å². The average Bonchev–Trinajstić information content (AvgIpc) is 2.75. The molecule has 2 aromatic rings. The first-order chi connectivity index (χ1) is 9.06. The first-order valence-electron chi connectivity index (χ1n) is 5.72. The first kappa shape index (κ1) is 12.8. The third-order valence-corrected chi connectivity index (χ3v) is 2.47. The zero-order valence-electron chi connectivity index (χ0n) is 10.7. The van der Waals surface area contributed by atoms with Crippen LogP contribution in [-0.2, 0) is 11.8 Å². The summed E-state index contributed by atoms with van der Waals surface area (Å²) in [4.78, 5) is 26.9. The van der Waals surface area contributed by atoms with Crippen LogP contribution in [0.5, 0.6) is 0 Å². The number of rotatable bonds is 3. The predicted octanol–water partition coefficient (Wildman–Crippen LogP) is 1.63. The van der Waals surface area contributed by atoms with Gasteiger partial charge in [-0.25, -0.2) is 4.98 Å². The normalized spacial score (nSPS) is 10.0. The maximum absolute atomic E-state index is 11.9. The lowest BCUT2D eigenvalue weighted by Gasteiger charge is -2.07. The molecule has 0 saturated carbocycles. The van der Waals surface area contributed by atoms with Crippen LogP contribution in [0.4, 0.5) is 11.4 Å². The molecule has 98 valence electrons. The molecule has 2 amide bonds. The van der Waals surface area contributed by atoms with Gasteiger partial charge in [0.05, 0.1) is 0 Å². The summed E-state index contributed by atoms with van der Waals surface area (Å²) in [7, 11) is 1.75. The van der Waals surface area contributed by atoms with Crippen LogP contribution in [0.1, 0.15) is 17.5 Å². The molecule has 0 radical (unpaired) electrons. The number of carbonyl (C=O) groups is 2. The number of aromatic nitrogens is 2. The van der Waals surface area contributed by atoms with E-state index in [-0.39, 0.29) is 11.8 Å². The van der Waals surface area contributed by atoms with Gasteiger partial charge in [0.1, 0.15) is 0 Å². The molecule has 0 fully saturated rings. The van der Waals surface area contributed by atoms with E-state index in [0.717, 1.165) is 0 Å². The molecular formula is C13H14N4O2. The summed E-state index contributed by atoms with van der Waals surface area (Å²) in [5.74, 6) is -0.134. The lowest BCUT2D eigenvalue weighted by atomic mass is 10.2. The predicted molar refractivity (Wildman–Crippen MR) is 71.9 cm³/mol. The molecule has 1 heterocycles. The number of aryl methyl sites for hydroxylation is 1. The quantitative estimate of drug-likeness (QED) is 0.878.